The first-order valence-corrected chi connectivity index (χ1v) is 6.96. The molecule has 2 heterocycles. The molecule has 104 valence electrons. The van der Waals surface area contributed by atoms with Gasteiger partial charge in [-0.2, -0.15) is 10.2 Å². The lowest BCUT2D eigenvalue weighted by molar-refractivity contribution is 0.218. The fourth-order valence-corrected chi connectivity index (χ4v) is 2.60. The number of rotatable bonds is 3. The summed E-state index contributed by atoms with van der Waals surface area (Å²) in [6, 6.07) is 7.81. The van der Waals surface area contributed by atoms with E-state index in [2.05, 4.69) is 10.2 Å². The molecule has 0 radical (unpaired) electrons. The van der Waals surface area contributed by atoms with Crippen LogP contribution in [0.2, 0.25) is 0 Å². The Morgan fingerprint density at radius 1 is 1.30 bits per heavy atom. The zero-order chi connectivity index (χ0) is 14.1. The van der Waals surface area contributed by atoms with E-state index in [1.165, 1.54) is 5.56 Å². The molecule has 1 aromatic carbocycles. The maximum Gasteiger partial charge on any atom is 0.122 e. The van der Waals surface area contributed by atoms with Crippen molar-refractivity contribution in [3.05, 3.63) is 52.3 Å². The minimum atomic E-state index is -0.662. The van der Waals surface area contributed by atoms with Crippen LogP contribution in [-0.2, 0) is 12.8 Å². The summed E-state index contributed by atoms with van der Waals surface area (Å²) in [7, 11) is 0. The van der Waals surface area contributed by atoms with Crippen molar-refractivity contribution < 1.29 is 9.84 Å². The molecule has 1 atom stereocenters. The highest BCUT2D eigenvalue weighted by atomic mass is 16.5. The summed E-state index contributed by atoms with van der Waals surface area (Å²) in [5.41, 5.74) is 4.56. The van der Waals surface area contributed by atoms with Gasteiger partial charge < -0.3 is 9.84 Å². The number of nitrogens with zero attached hydrogens (tertiary/aromatic N) is 2. The quantitative estimate of drug-likeness (QED) is 0.930. The molecule has 1 aliphatic heterocycles. The van der Waals surface area contributed by atoms with Crippen LogP contribution in [0, 0.1) is 6.92 Å². The normalized spacial score (nSPS) is 14.8. The molecular weight excluding hydrogens is 252 g/mol. The van der Waals surface area contributed by atoms with Crippen LogP contribution in [0.5, 0.6) is 5.75 Å². The average Bonchev–Trinajstić information content (AvgIpc) is 2.93. The topological polar surface area (TPSA) is 55.2 Å². The van der Waals surface area contributed by atoms with Crippen molar-refractivity contribution in [3.8, 4) is 5.75 Å². The summed E-state index contributed by atoms with van der Waals surface area (Å²) in [6.45, 7) is 4.64. The standard InChI is InChI=1S/C16H18N2O2/c1-3-14-13(8-10(2)17-18-14)16(19)12-4-5-15-11(9-12)6-7-20-15/h4-5,8-9,16,19H,3,6-7H2,1-2H3. The van der Waals surface area contributed by atoms with Crippen molar-refractivity contribution in [2.24, 2.45) is 0 Å². The first-order chi connectivity index (χ1) is 9.69. The van der Waals surface area contributed by atoms with Crippen LogP contribution in [0.4, 0.5) is 0 Å². The van der Waals surface area contributed by atoms with Crippen LogP contribution in [0.3, 0.4) is 0 Å². The van der Waals surface area contributed by atoms with E-state index in [-0.39, 0.29) is 0 Å². The van der Waals surface area contributed by atoms with E-state index >= 15 is 0 Å². The van der Waals surface area contributed by atoms with Gasteiger partial charge in [0, 0.05) is 12.0 Å². The van der Waals surface area contributed by atoms with Crippen molar-refractivity contribution in [1.82, 2.24) is 10.2 Å². The Bertz CT molecular complexity index is 640. The molecule has 1 aliphatic rings. The Labute approximate surface area is 118 Å². The van der Waals surface area contributed by atoms with Crippen LogP contribution in [0.25, 0.3) is 0 Å². The number of aryl methyl sites for hydroxylation is 2. The van der Waals surface area contributed by atoms with Gasteiger partial charge in [-0.15, -0.1) is 0 Å². The van der Waals surface area contributed by atoms with Crippen molar-refractivity contribution in [2.45, 2.75) is 32.8 Å². The minimum Gasteiger partial charge on any atom is -0.493 e. The first kappa shape index (κ1) is 13.1. The summed E-state index contributed by atoms with van der Waals surface area (Å²) in [4.78, 5) is 0. The number of fused-ring (bicyclic) bond motifs is 1. The summed E-state index contributed by atoms with van der Waals surface area (Å²) >= 11 is 0. The molecular formula is C16H18N2O2. The lowest BCUT2D eigenvalue weighted by atomic mass is 9.97. The van der Waals surface area contributed by atoms with Gasteiger partial charge in [-0.1, -0.05) is 13.0 Å². The zero-order valence-corrected chi connectivity index (χ0v) is 11.8. The van der Waals surface area contributed by atoms with Crippen molar-refractivity contribution in [2.75, 3.05) is 6.61 Å². The number of ether oxygens (including phenoxy) is 1. The lowest BCUT2D eigenvalue weighted by Gasteiger charge is -2.15. The van der Waals surface area contributed by atoms with E-state index in [0.717, 1.165) is 47.7 Å². The molecule has 0 spiro atoms. The predicted octanol–water partition coefficient (Wildman–Crippen LogP) is 2.36. The van der Waals surface area contributed by atoms with Gasteiger partial charge >= 0.3 is 0 Å². The molecule has 0 saturated carbocycles. The van der Waals surface area contributed by atoms with Gasteiger partial charge in [-0.3, -0.25) is 0 Å². The summed E-state index contributed by atoms with van der Waals surface area (Å²) in [5, 5.41) is 18.9. The maximum absolute atomic E-state index is 10.7. The summed E-state index contributed by atoms with van der Waals surface area (Å²) < 4.78 is 5.50. The molecule has 2 aromatic rings. The number of aliphatic hydroxyl groups excluding tert-OH is 1. The molecule has 1 aromatic heterocycles. The van der Waals surface area contributed by atoms with Crippen LogP contribution in [0.15, 0.2) is 24.3 Å². The molecule has 20 heavy (non-hydrogen) atoms. The van der Waals surface area contributed by atoms with Gasteiger partial charge in [-0.05, 0) is 42.7 Å². The summed E-state index contributed by atoms with van der Waals surface area (Å²) in [5.74, 6) is 0.931. The van der Waals surface area contributed by atoms with Crippen molar-refractivity contribution >= 4 is 0 Å². The van der Waals surface area contributed by atoms with E-state index in [4.69, 9.17) is 4.74 Å². The zero-order valence-electron chi connectivity index (χ0n) is 11.8. The molecule has 4 heteroatoms. The van der Waals surface area contributed by atoms with Gasteiger partial charge in [0.1, 0.15) is 11.9 Å². The van der Waals surface area contributed by atoms with E-state index in [0.29, 0.717) is 0 Å². The molecule has 0 aliphatic carbocycles. The SMILES string of the molecule is CCc1nnc(C)cc1C(O)c1ccc2c(c1)CCO2. The van der Waals surface area contributed by atoms with Crippen molar-refractivity contribution in [3.63, 3.8) is 0 Å². The van der Waals surface area contributed by atoms with Gasteiger partial charge in [-0.25, -0.2) is 0 Å². The fraction of sp³-hybridized carbons (Fsp3) is 0.375. The van der Waals surface area contributed by atoms with E-state index in [1.54, 1.807) is 0 Å². The smallest absolute Gasteiger partial charge is 0.122 e. The highest BCUT2D eigenvalue weighted by molar-refractivity contribution is 5.43. The third-order valence-corrected chi connectivity index (χ3v) is 3.68. The van der Waals surface area contributed by atoms with Crippen molar-refractivity contribution in [1.29, 1.82) is 0 Å². The first-order valence-electron chi connectivity index (χ1n) is 6.96. The Kier molecular flexibility index (Phi) is 3.40. The number of hydrogen-bond donors (Lipinski definition) is 1. The summed E-state index contributed by atoms with van der Waals surface area (Å²) in [6.07, 6.45) is 1.00. The lowest BCUT2D eigenvalue weighted by Crippen LogP contribution is -2.08. The second kappa shape index (κ2) is 5.21. The molecule has 0 saturated heterocycles. The van der Waals surface area contributed by atoms with Crippen LogP contribution in [0.1, 0.15) is 41.1 Å². The van der Waals surface area contributed by atoms with E-state index in [1.807, 2.05) is 38.1 Å². The second-order valence-corrected chi connectivity index (χ2v) is 5.11. The third kappa shape index (κ3) is 2.27. The van der Waals surface area contributed by atoms with Gasteiger partial charge in [0.2, 0.25) is 0 Å². The molecule has 1 N–H and O–H groups in total. The highest BCUT2D eigenvalue weighted by Crippen LogP contribution is 2.31. The minimum absolute atomic E-state index is 0.662. The number of benzene rings is 1. The highest BCUT2D eigenvalue weighted by Gasteiger charge is 2.19. The van der Waals surface area contributed by atoms with E-state index in [9.17, 15) is 5.11 Å². The Balaban J connectivity index is 2.00. The third-order valence-electron chi connectivity index (χ3n) is 3.68. The van der Waals surface area contributed by atoms with Gasteiger partial charge in [0.15, 0.2) is 0 Å². The molecule has 0 bridgehead atoms. The van der Waals surface area contributed by atoms with Crippen LogP contribution < -0.4 is 4.74 Å². The predicted molar refractivity (Wildman–Crippen MR) is 75.8 cm³/mol. The number of aliphatic hydroxyl groups is 1. The molecule has 4 nitrogen and oxygen atoms in total. The van der Waals surface area contributed by atoms with Gasteiger partial charge in [0.25, 0.3) is 0 Å². The number of hydrogen-bond acceptors (Lipinski definition) is 4. The Morgan fingerprint density at radius 3 is 2.95 bits per heavy atom. The molecule has 0 amide bonds. The Morgan fingerprint density at radius 2 is 2.15 bits per heavy atom. The van der Waals surface area contributed by atoms with Gasteiger partial charge in [0.05, 0.1) is 18.0 Å². The molecule has 3 rings (SSSR count). The van der Waals surface area contributed by atoms with Crippen LogP contribution in [-0.4, -0.2) is 21.9 Å². The van der Waals surface area contributed by atoms with E-state index < -0.39 is 6.10 Å². The second-order valence-electron chi connectivity index (χ2n) is 5.11. The van der Waals surface area contributed by atoms with Crippen LogP contribution >= 0.6 is 0 Å². The maximum atomic E-state index is 10.7. The monoisotopic (exact) mass is 270 g/mol. The molecule has 1 unspecified atom stereocenters. The molecule has 0 fully saturated rings. The number of aromatic nitrogens is 2. The Hall–Kier alpha value is -1.94. The fourth-order valence-electron chi connectivity index (χ4n) is 2.60. The average molecular weight is 270 g/mol. The largest absolute Gasteiger partial charge is 0.493 e.